The van der Waals surface area contributed by atoms with Crippen LogP contribution in [-0.2, 0) is 19.6 Å². The Morgan fingerprint density at radius 2 is 0.974 bits per heavy atom. The SMILES string of the molecule is CC(C)(C)OC(=O)Oc1ccc(-c2cccc(-c3ccc(OC(=O)OC(C)(C)C)cc3)c2S(=O)(=O)O)cc1. The average Bonchev–Trinajstić information content (AvgIpc) is 2.76. The molecular formula is C28H30O9S. The first-order chi connectivity index (χ1) is 17.5. The number of carbonyl (C=O) groups is 2. The maximum Gasteiger partial charge on any atom is 0.514 e. The lowest BCUT2D eigenvalue weighted by molar-refractivity contribution is 0.0193. The first-order valence-electron chi connectivity index (χ1n) is 11.6. The first kappa shape index (κ1) is 28.7. The van der Waals surface area contributed by atoms with E-state index in [2.05, 4.69) is 0 Å². The van der Waals surface area contributed by atoms with Crippen molar-refractivity contribution in [3.8, 4) is 33.8 Å². The summed E-state index contributed by atoms with van der Waals surface area (Å²) in [6.07, 6.45) is -1.74. The van der Waals surface area contributed by atoms with Crippen molar-refractivity contribution in [1.29, 1.82) is 0 Å². The predicted octanol–water partition coefficient (Wildman–Crippen LogP) is 6.90. The summed E-state index contributed by atoms with van der Waals surface area (Å²) in [5.41, 5.74) is -0.0447. The van der Waals surface area contributed by atoms with E-state index in [0.29, 0.717) is 11.1 Å². The fraction of sp³-hybridized carbons (Fsp3) is 0.286. The zero-order chi connectivity index (χ0) is 28.3. The predicted molar refractivity (Wildman–Crippen MR) is 141 cm³/mol. The van der Waals surface area contributed by atoms with Crippen molar-refractivity contribution in [2.24, 2.45) is 0 Å². The average molecular weight is 543 g/mol. The molecule has 0 saturated carbocycles. The second kappa shape index (κ2) is 10.8. The van der Waals surface area contributed by atoms with Gasteiger partial charge in [0.05, 0.1) is 0 Å². The summed E-state index contributed by atoms with van der Waals surface area (Å²) in [5, 5.41) is 0. The Hall–Kier alpha value is -3.89. The third-order valence-corrected chi connectivity index (χ3v) is 5.74. The van der Waals surface area contributed by atoms with E-state index >= 15 is 0 Å². The number of benzene rings is 3. The van der Waals surface area contributed by atoms with Gasteiger partial charge in [-0.25, -0.2) is 9.59 Å². The molecule has 0 radical (unpaired) electrons. The van der Waals surface area contributed by atoms with Crippen LogP contribution in [0.15, 0.2) is 71.6 Å². The normalized spacial score (nSPS) is 12.0. The van der Waals surface area contributed by atoms with Crippen LogP contribution < -0.4 is 9.47 Å². The molecular weight excluding hydrogens is 512 g/mol. The van der Waals surface area contributed by atoms with Crippen molar-refractivity contribution in [3.05, 3.63) is 66.7 Å². The van der Waals surface area contributed by atoms with Crippen molar-refractivity contribution < 1.29 is 41.5 Å². The van der Waals surface area contributed by atoms with Gasteiger partial charge in [-0.05, 0) is 76.9 Å². The molecule has 0 aliphatic heterocycles. The van der Waals surface area contributed by atoms with Crippen LogP contribution in [0, 0.1) is 0 Å². The summed E-state index contributed by atoms with van der Waals surface area (Å²) in [6, 6.07) is 16.9. The number of hydrogen-bond donors (Lipinski definition) is 1. The van der Waals surface area contributed by atoms with Crippen molar-refractivity contribution in [2.45, 2.75) is 57.6 Å². The van der Waals surface area contributed by atoms with Gasteiger partial charge in [-0.15, -0.1) is 0 Å². The zero-order valence-corrected chi connectivity index (χ0v) is 22.8. The van der Waals surface area contributed by atoms with E-state index in [-0.39, 0.29) is 27.5 Å². The van der Waals surface area contributed by atoms with E-state index in [9.17, 15) is 22.6 Å². The van der Waals surface area contributed by atoms with Crippen molar-refractivity contribution in [2.75, 3.05) is 0 Å². The van der Waals surface area contributed by atoms with Gasteiger partial charge in [0.15, 0.2) is 0 Å². The maximum absolute atomic E-state index is 12.5. The number of carbonyl (C=O) groups excluding carboxylic acids is 2. The highest BCUT2D eigenvalue weighted by Gasteiger charge is 2.23. The second-order valence-electron chi connectivity index (χ2n) is 10.3. The first-order valence-corrected chi connectivity index (χ1v) is 13.1. The summed E-state index contributed by atoms with van der Waals surface area (Å²) in [6.45, 7) is 10.3. The lowest BCUT2D eigenvalue weighted by atomic mass is 9.98. The summed E-state index contributed by atoms with van der Waals surface area (Å²) < 4.78 is 55.7. The van der Waals surface area contributed by atoms with Crippen molar-refractivity contribution >= 4 is 22.4 Å². The topological polar surface area (TPSA) is 125 Å². The van der Waals surface area contributed by atoms with Crippen LogP contribution in [-0.4, -0.2) is 36.5 Å². The lowest BCUT2D eigenvalue weighted by Crippen LogP contribution is -2.25. The van der Waals surface area contributed by atoms with Gasteiger partial charge in [0, 0.05) is 11.1 Å². The minimum absolute atomic E-state index is 0.202. The summed E-state index contributed by atoms with van der Waals surface area (Å²) in [5.74, 6) is 0.404. The standard InChI is InChI=1S/C28H30O9S/c1-27(2,3)36-25(29)34-20-14-10-18(11-15-20)22-8-7-9-23(24(22)38(31,32)33)19-12-16-21(17-13-19)35-26(30)37-28(4,5)6/h7-17H,1-6H3,(H,31,32,33). The summed E-state index contributed by atoms with van der Waals surface area (Å²) in [7, 11) is -4.67. The van der Waals surface area contributed by atoms with Gasteiger partial charge in [-0.1, -0.05) is 42.5 Å². The molecule has 0 spiro atoms. The molecule has 3 rings (SSSR count). The Morgan fingerprint density at radius 3 is 1.26 bits per heavy atom. The van der Waals surface area contributed by atoms with E-state index in [4.69, 9.17) is 18.9 Å². The minimum Gasteiger partial charge on any atom is -0.428 e. The lowest BCUT2D eigenvalue weighted by Gasteiger charge is -2.19. The van der Waals surface area contributed by atoms with Crippen LogP contribution in [0.3, 0.4) is 0 Å². The zero-order valence-electron chi connectivity index (χ0n) is 22.0. The van der Waals surface area contributed by atoms with Gasteiger partial charge in [-0.2, -0.15) is 8.42 Å². The van der Waals surface area contributed by atoms with Crippen LogP contribution in [0.5, 0.6) is 11.5 Å². The molecule has 0 saturated heterocycles. The van der Waals surface area contributed by atoms with E-state index in [0.717, 1.165) is 0 Å². The fourth-order valence-corrected chi connectivity index (χ4v) is 4.34. The van der Waals surface area contributed by atoms with Gasteiger partial charge >= 0.3 is 12.3 Å². The maximum atomic E-state index is 12.5. The minimum atomic E-state index is -4.67. The molecule has 0 bridgehead atoms. The van der Waals surface area contributed by atoms with Gasteiger partial charge in [0.1, 0.15) is 27.6 Å². The van der Waals surface area contributed by atoms with Crippen molar-refractivity contribution in [3.63, 3.8) is 0 Å². The molecule has 0 aliphatic rings. The molecule has 0 amide bonds. The second-order valence-corrected chi connectivity index (χ2v) is 11.7. The van der Waals surface area contributed by atoms with Crippen molar-refractivity contribution in [1.82, 2.24) is 0 Å². The molecule has 1 N–H and O–H groups in total. The largest absolute Gasteiger partial charge is 0.514 e. The highest BCUT2D eigenvalue weighted by Crippen LogP contribution is 2.37. The van der Waals surface area contributed by atoms with E-state index in [1.165, 1.54) is 24.3 Å². The number of ether oxygens (including phenoxy) is 4. The Bertz CT molecular complexity index is 1320. The molecule has 3 aromatic carbocycles. The molecule has 0 aliphatic carbocycles. The molecule has 0 aromatic heterocycles. The number of hydrogen-bond acceptors (Lipinski definition) is 8. The van der Waals surface area contributed by atoms with Crippen LogP contribution >= 0.6 is 0 Å². The monoisotopic (exact) mass is 542 g/mol. The molecule has 0 heterocycles. The highest BCUT2D eigenvalue weighted by atomic mass is 32.2. The van der Waals surface area contributed by atoms with Crippen LogP contribution in [0.25, 0.3) is 22.3 Å². The third-order valence-electron chi connectivity index (χ3n) is 4.79. The van der Waals surface area contributed by atoms with Crippen LogP contribution in [0.2, 0.25) is 0 Å². The van der Waals surface area contributed by atoms with Crippen LogP contribution in [0.1, 0.15) is 41.5 Å². The highest BCUT2D eigenvalue weighted by molar-refractivity contribution is 7.86. The quantitative estimate of drug-likeness (QED) is 0.208. The third kappa shape index (κ3) is 8.06. The van der Waals surface area contributed by atoms with Gasteiger partial charge in [0.25, 0.3) is 10.1 Å². The molecule has 38 heavy (non-hydrogen) atoms. The van der Waals surface area contributed by atoms with Gasteiger partial charge < -0.3 is 18.9 Å². The Kier molecular flexibility index (Phi) is 8.18. The molecule has 10 heteroatoms. The summed E-state index contributed by atoms with van der Waals surface area (Å²) >= 11 is 0. The fourth-order valence-electron chi connectivity index (χ4n) is 3.41. The van der Waals surface area contributed by atoms with Gasteiger partial charge in [0.2, 0.25) is 0 Å². The van der Waals surface area contributed by atoms with E-state index in [1.54, 1.807) is 84.0 Å². The molecule has 202 valence electrons. The Morgan fingerprint density at radius 1 is 0.632 bits per heavy atom. The summed E-state index contributed by atoms with van der Waals surface area (Å²) in [4.78, 5) is 23.5. The van der Waals surface area contributed by atoms with E-state index < -0.39 is 33.6 Å². The molecule has 0 unspecified atom stereocenters. The Balaban J connectivity index is 1.91. The molecule has 0 fully saturated rings. The Labute approximate surface area is 222 Å². The van der Waals surface area contributed by atoms with Crippen LogP contribution in [0.4, 0.5) is 9.59 Å². The smallest absolute Gasteiger partial charge is 0.428 e. The number of rotatable bonds is 5. The van der Waals surface area contributed by atoms with Gasteiger partial charge in [-0.3, -0.25) is 4.55 Å². The molecule has 9 nitrogen and oxygen atoms in total. The van der Waals surface area contributed by atoms with E-state index in [1.807, 2.05) is 0 Å². The molecule has 3 aromatic rings. The molecule has 0 atom stereocenters.